The first-order valence-corrected chi connectivity index (χ1v) is 9.55. The molecule has 1 aliphatic rings. The summed E-state index contributed by atoms with van der Waals surface area (Å²) in [5.74, 6) is 0.881. The number of fused-ring (bicyclic) bond motifs is 1. The molecule has 0 bridgehead atoms. The van der Waals surface area contributed by atoms with E-state index in [1.165, 1.54) is 36.0 Å². The quantitative estimate of drug-likeness (QED) is 0.306. The Morgan fingerprint density at radius 3 is 2.69 bits per heavy atom. The number of halogens is 1. The van der Waals surface area contributed by atoms with Crippen LogP contribution >= 0.6 is 0 Å². The number of hydrogen-bond acceptors (Lipinski definition) is 6. The van der Waals surface area contributed by atoms with Gasteiger partial charge in [-0.05, 0) is 61.3 Å². The molecule has 0 saturated carbocycles. The summed E-state index contributed by atoms with van der Waals surface area (Å²) in [6.07, 6.45) is 2.46. The van der Waals surface area contributed by atoms with Crippen molar-refractivity contribution in [2.24, 2.45) is 0 Å². The van der Waals surface area contributed by atoms with Crippen molar-refractivity contribution in [2.75, 3.05) is 25.2 Å². The van der Waals surface area contributed by atoms with Gasteiger partial charge >= 0.3 is 0 Å². The van der Waals surface area contributed by atoms with Gasteiger partial charge in [0.05, 0.1) is 6.54 Å². The number of ether oxygens (including phenoxy) is 2. The zero-order valence-electron chi connectivity index (χ0n) is 16.8. The van der Waals surface area contributed by atoms with E-state index in [1.54, 1.807) is 13.0 Å². The molecule has 0 atom stereocenters. The minimum atomic E-state index is -0.549. The molecule has 0 aliphatic carbocycles. The van der Waals surface area contributed by atoms with Gasteiger partial charge in [-0.25, -0.2) is 9.87 Å². The molecule has 7 nitrogen and oxygen atoms in total. The van der Waals surface area contributed by atoms with Crippen molar-refractivity contribution in [2.45, 2.75) is 33.2 Å². The second-order valence-electron chi connectivity index (χ2n) is 6.57. The van der Waals surface area contributed by atoms with E-state index in [-0.39, 0.29) is 12.4 Å². The predicted molar refractivity (Wildman–Crippen MR) is 109 cm³/mol. The molecule has 0 fully saturated rings. The van der Waals surface area contributed by atoms with Gasteiger partial charge in [-0.2, -0.15) is 0 Å². The SMILES string of the molecule is CCCCNCc1ccc2c(c1)OCO2.Cc1cc(NCC(=O)NO)ccc1F. The number of aryl methyl sites for hydroxylation is 1. The van der Waals surface area contributed by atoms with Gasteiger partial charge in [0.25, 0.3) is 5.91 Å². The van der Waals surface area contributed by atoms with Crippen LogP contribution < -0.4 is 25.6 Å². The third kappa shape index (κ3) is 7.59. The standard InChI is InChI=1S/C12H17NO2.C9H11FN2O2/c1-2-3-6-13-8-10-4-5-11-12(7-10)15-9-14-11;1-6-4-7(2-3-8(6)10)11-5-9(13)12-14/h4-5,7,13H,2-3,6,8-9H2,1H3;2-4,11,14H,5H2,1H3,(H,12,13). The first kappa shape index (κ1) is 22.4. The zero-order chi connectivity index (χ0) is 21.1. The first-order valence-electron chi connectivity index (χ1n) is 9.55. The van der Waals surface area contributed by atoms with Gasteiger partial charge in [-0.1, -0.05) is 19.4 Å². The second kappa shape index (κ2) is 11.9. The Morgan fingerprint density at radius 2 is 1.97 bits per heavy atom. The molecule has 1 aliphatic heterocycles. The van der Waals surface area contributed by atoms with Crippen LogP contribution in [0.1, 0.15) is 30.9 Å². The minimum absolute atomic E-state index is 0.0540. The second-order valence-corrected chi connectivity index (χ2v) is 6.57. The Kier molecular flexibility index (Phi) is 9.20. The summed E-state index contributed by atoms with van der Waals surface area (Å²) in [5.41, 5.74) is 3.86. The predicted octanol–water partition coefficient (Wildman–Crippen LogP) is 3.36. The average molecular weight is 405 g/mol. The highest BCUT2D eigenvalue weighted by molar-refractivity contribution is 5.79. The molecule has 2 aromatic carbocycles. The van der Waals surface area contributed by atoms with Gasteiger partial charge in [-0.15, -0.1) is 0 Å². The van der Waals surface area contributed by atoms with Gasteiger partial charge < -0.3 is 20.1 Å². The summed E-state index contributed by atoms with van der Waals surface area (Å²) < 4.78 is 23.4. The number of carbonyl (C=O) groups excluding carboxylic acids is 1. The number of hydroxylamine groups is 1. The van der Waals surface area contributed by atoms with Gasteiger partial charge in [0.1, 0.15) is 5.82 Å². The normalized spacial score (nSPS) is 11.4. The third-order valence-corrected chi connectivity index (χ3v) is 4.21. The third-order valence-electron chi connectivity index (χ3n) is 4.21. The summed E-state index contributed by atoms with van der Waals surface area (Å²) in [6, 6.07) is 10.5. The number of amides is 1. The lowest BCUT2D eigenvalue weighted by Crippen LogP contribution is -2.26. The van der Waals surface area contributed by atoms with Crippen LogP contribution in [0.15, 0.2) is 36.4 Å². The summed E-state index contributed by atoms with van der Waals surface area (Å²) in [4.78, 5) is 10.6. The molecule has 0 saturated heterocycles. The zero-order valence-corrected chi connectivity index (χ0v) is 16.8. The molecule has 2 aromatic rings. The van der Waals surface area contributed by atoms with E-state index >= 15 is 0 Å². The van der Waals surface area contributed by atoms with Gasteiger partial charge in [0.2, 0.25) is 6.79 Å². The molecule has 4 N–H and O–H groups in total. The fourth-order valence-corrected chi connectivity index (χ4v) is 2.56. The van der Waals surface area contributed by atoms with Crippen molar-refractivity contribution in [3.63, 3.8) is 0 Å². The van der Waals surface area contributed by atoms with Crippen LogP contribution in [-0.4, -0.2) is 31.0 Å². The van der Waals surface area contributed by atoms with E-state index in [0.29, 0.717) is 18.0 Å². The van der Waals surface area contributed by atoms with Crippen LogP contribution in [0.3, 0.4) is 0 Å². The Morgan fingerprint density at radius 1 is 1.17 bits per heavy atom. The highest BCUT2D eigenvalue weighted by Crippen LogP contribution is 2.32. The van der Waals surface area contributed by atoms with Crippen molar-refractivity contribution >= 4 is 11.6 Å². The molecule has 8 heteroatoms. The maximum atomic E-state index is 12.8. The lowest BCUT2D eigenvalue weighted by atomic mass is 10.2. The highest BCUT2D eigenvalue weighted by Gasteiger charge is 2.12. The molecule has 0 spiro atoms. The Bertz CT molecular complexity index is 801. The molecule has 0 unspecified atom stereocenters. The van der Waals surface area contributed by atoms with Crippen LogP contribution in [0, 0.1) is 12.7 Å². The molecule has 0 radical (unpaired) electrons. The topological polar surface area (TPSA) is 91.8 Å². The van der Waals surface area contributed by atoms with Crippen LogP contribution in [0.5, 0.6) is 11.5 Å². The minimum Gasteiger partial charge on any atom is -0.454 e. The molecule has 3 rings (SSSR count). The van der Waals surface area contributed by atoms with Crippen molar-refractivity contribution in [1.82, 2.24) is 10.8 Å². The number of unbranched alkanes of at least 4 members (excludes halogenated alkanes) is 1. The fraction of sp³-hybridized carbons (Fsp3) is 0.381. The Balaban J connectivity index is 0.000000208. The molecule has 158 valence electrons. The summed E-state index contributed by atoms with van der Waals surface area (Å²) in [5, 5.41) is 14.3. The van der Waals surface area contributed by atoms with Gasteiger partial charge in [-0.3, -0.25) is 10.0 Å². The maximum absolute atomic E-state index is 12.8. The van der Waals surface area contributed by atoms with E-state index in [2.05, 4.69) is 23.6 Å². The summed E-state index contributed by atoms with van der Waals surface area (Å²) in [6.45, 7) is 6.10. The molecule has 29 heavy (non-hydrogen) atoms. The Hall–Kier alpha value is -2.84. The van der Waals surface area contributed by atoms with Crippen molar-refractivity contribution in [1.29, 1.82) is 0 Å². The molecule has 1 heterocycles. The molecular formula is C21H28FN3O4. The molecular weight excluding hydrogens is 377 g/mol. The van der Waals surface area contributed by atoms with Crippen molar-refractivity contribution < 1.29 is 23.9 Å². The number of carbonyl (C=O) groups is 1. The summed E-state index contributed by atoms with van der Waals surface area (Å²) >= 11 is 0. The largest absolute Gasteiger partial charge is 0.454 e. The van der Waals surface area contributed by atoms with Crippen LogP contribution in [0.4, 0.5) is 10.1 Å². The number of anilines is 1. The van der Waals surface area contributed by atoms with Crippen LogP contribution in [0.25, 0.3) is 0 Å². The lowest BCUT2D eigenvalue weighted by molar-refractivity contribution is -0.127. The molecule has 1 amide bonds. The van der Waals surface area contributed by atoms with E-state index in [1.807, 2.05) is 12.1 Å². The van der Waals surface area contributed by atoms with Crippen molar-refractivity contribution in [3.8, 4) is 11.5 Å². The molecule has 0 aromatic heterocycles. The highest BCUT2D eigenvalue weighted by atomic mass is 19.1. The van der Waals surface area contributed by atoms with E-state index in [4.69, 9.17) is 14.7 Å². The van der Waals surface area contributed by atoms with Gasteiger partial charge in [0, 0.05) is 12.2 Å². The first-order chi connectivity index (χ1) is 14.0. The Labute approximate surface area is 170 Å². The monoisotopic (exact) mass is 405 g/mol. The van der Waals surface area contributed by atoms with Crippen LogP contribution in [0.2, 0.25) is 0 Å². The van der Waals surface area contributed by atoms with Gasteiger partial charge in [0.15, 0.2) is 11.5 Å². The number of benzene rings is 2. The van der Waals surface area contributed by atoms with E-state index < -0.39 is 5.91 Å². The number of nitrogens with one attached hydrogen (secondary N) is 3. The van der Waals surface area contributed by atoms with Crippen LogP contribution in [-0.2, 0) is 11.3 Å². The van der Waals surface area contributed by atoms with E-state index in [9.17, 15) is 9.18 Å². The van der Waals surface area contributed by atoms with Crippen molar-refractivity contribution in [3.05, 3.63) is 53.3 Å². The maximum Gasteiger partial charge on any atom is 0.262 e. The smallest absolute Gasteiger partial charge is 0.262 e. The van der Waals surface area contributed by atoms with E-state index in [0.717, 1.165) is 24.6 Å². The number of rotatable bonds is 8. The average Bonchev–Trinajstić information content (AvgIpc) is 3.20. The summed E-state index contributed by atoms with van der Waals surface area (Å²) in [7, 11) is 0. The lowest BCUT2D eigenvalue weighted by Gasteiger charge is -2.05. The number of hydrogen-bond donors (Lipinski definition) is 4. The fourth-order valence-electron chi connectivity index (χ4n) is 2.56.